The number of nitrogens with zero attached hydrogens (tertiary/aromatic N) is 2. The lowest BCUT2D eigenvalue weighted by Gasteiger charge is -2.22. The summed E-state index contributed by atoms with van der Waals surface area (Å²) in [4.78, 5) is 30.9. The fraction of sp³-hybridized carbons (Fsp3) is 0.208. The third-order valence-electron chi connectivity index (χ3n) is 4.77. The Morgan fingerprint density at radius 3 is 2.70 bits per heavy atom. The SMILES string of the molecule is N/C=C\SCCCN(CCNC=O)C(=O)c1ccc(NSc2cccc3cccnc23)cc1. The number of aromatic nitrogens is 1. The highest BCUT2D eigenvalue weighted by atomic mass is 32.2. The van der Waals surface area contributed by atoms with Gasteiger partial charge in [0, 0.05) is 48.7 Å². The van der Waals surface area contributed by atoms with E-state index in [2.05, 4.69) is 15.0 Å². The van der Waals surface area contributed by atoms with Crippen molar-refractivity contribution in [2.24, 2.45) is 5.73 Å². The summed E-state index contributed by atoms with van der Waals surface area (Å²) in [5.74, 6) is 0.807. The van der Waals surface area contributed by atoms with E-state index in [1.165, 1.54) is 18.1 Å². The number of amides is 2. The molecular formula is C24H27N5O2S2. The number of thioether (sulfide) groups is 1. The number of pyridine rings is 1. The number of hydrogen-bond donors (Lipinski definition) is 3. The van der Waals surface area contributed by atoms with Crippen molar-refractivity contribution in [2.75, 3.05) is 30.1 Å². The average molecular weight is 482 g/mol. The largest absolute Gasteiger partial charge is 0.404 e. The number of carbonyl (C=O) groups excluding carboxylic acids is 2. The molecule has 0 unspecified atom stereocenters. The van der Waals surface area contributed by atoms with Crippen LogP contribution in [-0.2, 0) is 4.79 Å². The first-order valence-electron chi connectivity index (χ1n) is 10.5. The van der Waals surface area contributed by atoms with Crippen LogP contribution >= 0.6 is 23.7 Å². The monoisotopic (exact) mass is 481 g/mol. The molecule has 7 nitrogen and oxygen atoms in total. The summed E-state index contributed by atoms with van der Waals surface area (Å²) in [6, 6.07) is 17.5. The van der Waals surface area contributed by atoms with Gasteiger partial charge in [0.25, 0.3) is 5.91 Å². The first kappa shape index (κ1) is 24.5. The zero-order chi connectivity index (χ0) is 23.3. The third-order valence-corrected chi connectivity index (χ3v) is 6.53. The molecule has 0 bridgehead atoms. The van der Waals surface area contributed by atoms with E-state index in [9.17, 15) is 9.59 Å². The summed E-state index contributed by atoms with van der Waals surface area (Å²) in [5, 5.41) is 5.55. The summed E-state index contributed by atoms with van der Waals surface area (Å²) in [6.07, 6.45) is 4.77. The van der Waals surface area contributed by atoms with Crippen LogP contribution in [0.4, 0.5) is 5.69 Å². The molecule has 0 fully saturated rings. The maximum Gasteiger partial charge on any atom is 0.253 e. The van der Waals surface area contributed by atoms with E-state index < -0.39 is 0 Å². The van der Waals surface area contributed by atoms with Gasteiger partial charge in [0.05, 0.1) is 10.4 Å². The van der Waals surface area contributed by atoms with Gasteiger partial charge < -0.3 is 20.7 Å². The first-order valence-corrected chi connectivity index (χ1v) is 12.4. The Labute approximate surface area is 202 Å². The molecular weight excluding hydrogens is 454 g/mol. The van der Waals surface area contributed by atoms with E-state index in [-0.39, 0.29) is 5.91 Å². The molecule has 1 aromatic heterocycles. The molecule has 0 aliphatic rings. The fourth-order valence-electron chi connectivity index (χ4n) is 3.17. The average Bonchev–Trinajstić information content (AvgIpc) is 2.86. The highest BCUT2D eigenvalue weighted by molar-refractivity contribution is 8.02. The molecule has 3 aromatic rings. The van der Waals surface area contributed by atoms with Gasteiger partial charge in [-0.15, -0.1) is 11.8 Å². The number of benzene rings is 2. The molecule has 172 valence electrons. The lowest BCUT2D eigenvalue weighted by atomic mass is 10.1. The minimum absolute atomic E-state index is 0.0560. The smallest absolute Gasteiger partial charge is 0.253 e. The molecule has 1 heterocycles. The Kier molecular flexibility index (Phi) is 9.93. The summed E-state index contributed by atoms with van der Waals surface area (Å²) in [5.41, 5.74) is 7.80. The van der Waals surface area contributed by atoms with Crippen molar-refractivity contribution in [3.63, 3.8) is 0 Å². The fourth-order valence-corrected chi connectivity index (χ4v) is 4.49. The molecule has 0 radical (unpaired) electrons. The third kappa shape index (κ3) is 7.44. The second-order valence-corrected chi connectivity index (χ2v) is 8.89. The van der Waals surface area contributed by atoms with Crippen molar-refractivity contribution < 1.29 is 9.59 Å². The number of rotatable bonds is 13. The minimum Gasteiger partial charge on any atom is -0.404 e. The summed E-state index contributed by atoms with van der Waals surface area (Å²) in [6.45, 7) is 1.48. The molecule has 0 saturated carbocycles. The van der Waals surface area contributed by atoms with Crippen LogP contribution in [0.2, 0.25) is 0 Å². The lowest BCUT2D eigenvalue weighted by molar-refractivity contribution is -0.109. The van der Waals surface area contributed by atoms with E-state index in [0.29, 0.717) is 31.6 Å². The van der Waals surface area contributed by atoms with Crippen molar-refractivity contribution >= 4 is 52.6 Å². The number of nitrogens with one attached hydrogen (secondary N) is 2. The van der Waals surface area contributed by atoms with Gasteiger partial charge in [0.2, 0.25) is 6.41 Å². The Morgan fingerprint density at radius 1 is 1.09 bits per heavy atom. The molecule has 0 saturated heterocycles. The van der Waals surface area contributed by atoms with Gasteiger partial charge >= 0.3 is 0 Å². The van der Waals surface area contributed by atoms with E-state index in [1.807, 2.05) is 60.0 Å². The van der Waals surface area contributed by atoms with E-state index >= 15 is 0 Å². The quantitative estimate of drug-likeness (QED) is 0.192. The van der Waals surface area contributed by atoms with Crippen LogP contribution in [0.1, 0.15) is 16.8 Å². The zero-order valence-corrected chi connectivity index (χ0v) is 19.8. The van der Waals surface area contributed by atoms with Crippen LogP contribution in [-0.4, -0.2) is 47.6 Å². The number of fused-ring (bicyclic) bond motifs is 1. The standard InChI is InChI=1S/C24H27N5O2S2/c25-11-17-32-16-3-14-29(15-13-26-18-30)24(31)20-7-9-21(10-8-20)28-33-22-6-1-4-19-5-2-12-27-23(19)22/h1-2,4-12,17-18,28H,3,13-16,25H2,(H,26,30)/b17-11-. The predicted octanol–water partition coefficient (Wildman–Crippen LogP) is 4.10. The summed E-state index contributed by atoms with van der Waals surface area (Å²) < 4.78 is 3.33. The Hall–Kier alpha value is -3.17. The molecule has 3 rings (SSSR count). The van der Waals surface area contributed by atoms with Crippen LogP contribution < -0.4 is 15.8 Å². The predicted molar refractivity (Wildman–Crippen MR) is 138 cm³/mol. The Balaban J connectivity index is 1.60. The minimum atomic E-state index is -0.0560. The van der Waals surface area contributed by atoms with Crippen molar-refractivity contribution in [3.05, 3.63) is 78.0 Å². The van der Waals surface area contributed by atoms with Crippen LogP contribution in [0.15, 0.2) is 77.3 Å². The molecule has 4 N–H and O–H groups in total. The first-order chi connectivity index (χ1) is 16.2. The molecule has 0 spiro atoms. The van der Waals surface area contributed by atoms with Crippen molar-refractivity contribution in [1.29, 1.82) is 0 Å². The van der Waals surface area contributed by atoms with Gasteiger partial charge in [0.1, 0.15) is 0 Å². The molecule has 2 amide bonds. The van der Waals surface area contributed by atoms with Gasteiger partial charge in [0.15, 0.2) is 0 Å². The van der Waals surface area contributed by atoms with Crippen LogP contribution in [0.5, 0.6) is 0 Å². The number of carbonyl (C=O) groups is 2. The van der Waals surface area contributed by atoms with Gasteiger partial charge in [-0.2, -0.15) is 0 Å². The van der Waals surface area contributed by atoms with Crippen LogP contribution in [0, 0.1) is 0 Å². The second kappa shape index (κ2) is 13.4. The summed E-state index contributed by atoms with van der Waals surface area (Å²) in [7, 11) is 0. The Bertz CT molecular complexity index is 1070. The highest BCUT2D eigenvalue weighted by Gasteiger charge is 2.15. The molecule has 0 aliphatic carbocycles. The van der Waals surface area contributed by atoms with Crippen molar-refractivity contribution in [3.8, 4) is 0 Å². The van der Waals surface area contributed by atoms with E-state index in [0.717, 1.165) is 33.7 Å². The maximum absolute atomic E-state index is 13.0. The van der Waals surface area contributed by atoms with Gasteiger partial charge in [-0.05, 0) is 65.9 Å². The van der Waals surface area contributed by atoms with Gasteiger partial charge in [-0.3, -0.25) is 14.6 Å². The number of hydrogen-bond acceptors (Lipinski definition) is 7. The van der Waals surface area contributed by atoms with Crippen LogP contribution in [0.3, 0.4) is 0 Å². The van der Waals surface area contributed by atoms with Gasteiger partial charge in [-0.1, -0.05) is 18.2 Å². The number of para-hydroxylation sites is 1. The molecule has 2 aromatic carbocycles. The molecule has 0 atom stereocenters. The number of nitrogens with two attached hydrogens (primary N) is 1. The number of anilines is 1. The molecule has 9 heteroatoms. The van der Waals surface area contributed by atoms with Crippen molar-refractivity contribution in [1.82, 2.24) is 15.2 Å². The Morgan fingerprint density at radius 2 is 1.91 bits per heavy atom. The normalized spacial score (nSPS) is 10.9. The van der Waals surface area contributed by atoms with E-state index in [1.54, 1.807) is 22.9 Å². The van der Waals surface area contributed by atoms with Gasteiger partial charge in [-0.25, -0.2) is 0 Å². The highest BCUT2D eigenvalue weighted by Crippen LogP contribution is 2.27. The molecule has 0 aliphatic heterocycles. The maximum atomic E-state index is 13.0. The molecule has 33 heavy (non-hydrogen) atoms. The van der Waals surface area contributed by atoms with Crippen molar-refractivity contribution in [2.45, 2.75) is 11.3 Å². The van der Waals surface area contributed by atoms with Crippen LogP contribution in [0.25, 0.3) is 10.9 Å². The lowest BCUT2D eigenvalue weighted by Crippen LogP contribution is -2.37. The second-order valence-electron chi connectivity index (χ2n) is 7.03. The van der Waals surface area contributed by atoms with E-state index in [4.69, 9.17) is 5.73 Å². The zero-order valence-electron chi connectivity index (χ0n) is 18.1. The topological polar surface area (TPSA) is 100 Å². The summed E-state index contributed by atoms with van der Waals surface area (Å²) >= 11 is 3.10.